The molecule has 1 heterocycles. The summed E-state index contributed by atoms with van der Waals surface area (Å²) in [6, 6.07) is 18.7. The predicted molar refractivity (Wildman–Crippen MR) is 126 cm³/mol. The van der Waals surface area contributed by atoms with E-state index in [0.717, 1.165) is 10.5 Å². The monoisotopic (exact) mass is 442 g/mol. The van der Waals surface area contributed by atoms with Gasteiger partial charge in [0, 0.05) is 11.8 Å². The second-order valence-electron chi connectivity index (χ2n) is 7.21. The summed E-state index contributed by atoms with van der Waals surface area (Å²) in [6.07, 6.45) is 3.05. The van der Waals surface area contributed by atoms with E-state index >= 15 is 0 Å². The maximum atomic E-state index is 12.7. The minimum atomic E-state index is -0.386. The predicted octanol–water partition coefficient (Wildman–Crippen LogP) is 4.55. The quantitative estimate of drug-likeness (QED) is 0.429. The minimum Gasteiger partial charge on any atom is -0.493 e. The van der Waals surface area contributed by atoms with Crippen molar-refractivity contribution in [2.24, 2.45) is 0 Å². The van der Waals surface area contributed by atoms with E-state index in [1.807, 2.05) is 13.0 Å². The van der Waals surface area contributed by atoms with E-state index in [2.05, 4.69) is 5.32 Å². The molecule has 166 valence electrons. The number of carbonyl (C=O) groups is 3. The lowest BCUT2D eigenvalue weighted by Gasteiger charge is -2.15. The summed E-state index contributed by atoms with van der Waals surface area (Å²) in [5.41, 5.74) is 2.36. The van der Waals surface area contributed by atoms with Crippen molar-refractivity contribution in [3.63, 3.8) is 0 Å². The number of anilines is 2. The fraction of sp³-hybridized carbons (Fsp3) is 0.115. The SMILES string of the molecule is CCOc1cc(/C=C/C(=O)Nc2cccc(N3C(=O)c4ccccc4C3=O)c2)ccc1OC. The lowest BCUT2D eigenvalue weighted by Crippen LogP contribution is -2.29. The third-order valence-corrected chi connectivity index (χ3v) is 5.08. The Labute approximate surface area is 191 Å². The van der Waals surface area contributed by atoms with Crippen molar-refractivity contribution < 1.29 is 23.9 Å². The van der Waals surface area contributed by atoms with Crippen LogP contribution in [0.5, 0.6) is 11.5 Å². The van der Waals surface area contributed by atoms with E-state index in [1.165, 1.54) is 6.08 Å². The van der Waals surface area contributed by atoms with Crippen LogP contribution in [0.3, 0.4) is 0 Å². The van der Waals surface area contributed by atoms with Crippen molar-refractivity contribution in [1.82, 2.24) is 0 Å². The smallest absolute Gasteiger partial charge is 0.266 e. The van der Waals surface area contributed by atoms with Gasteiger partial charge in [0.05, 0.1) is 30.5 Å². The van der Waals surface area contributed by atoms with Crippen molar-refractivity contribution >= 4 is 35.2 Å². The van der Waals surface area contributed by atoms with E-state index in [9.17, 15) is 14.4 Å². The van der Waals surface area contributed by atoms with Crippen LogP contribution in [0.2, 0.25) is 0 Å². The van der Waals surface area contributed by atoms with E-state index in [0.29, 0.717) is 40.6 Å². The zero-order chi connectivity index (χ0) is 23.4. The van der Waals surface area contributed by atoms with Gasteiger partial charge in [-0.25, -0.2) is 4.90 Å². The molecule has 4 rings (SSSR count). The highest BCUT2D eigenvalue weighted by Gasteiger charge is 2.36. The van der Waals surface area contributed by atoms with Gasteiger partial charge in [0.2, 0.25) is 5.91 Å². The molecule has 0 saturated carbocycles. The number of nitrogens with zero attached hydrogens (tertiary/aromatic N) is 1. The van der Waals surface area contributed by atoms with E-state index in [4.69, 9.17) is 9.47 Å². The second-order valence-corrected chi connectivity index (χ2v) is 7.21. The third kappa shape index (κ3) is 4.48. The summed E-state index contributed by atoms with van der Waals surface area (Å²) >= 11 is 0. The van der Waals surface area contributed by atoms with Crippen LogP contribution in [0.15, 0.2) is 72.8 Å². The van der Waals surface area contributed by atoms with Gasteiger partial charge in [-0.05, 0) is 61.0 Å². The van der Waals surface area contributed by atoms with Gasteiger partial charge in [0.15, 0.2) is 11.5 Å². The van der Waals surface area contributed by atoms with Gasteiger partial charge in [0.25, 0.3) is 11.8 Å². The number of carbonyl (C=O) groups excluding carboxylic acids is 3. The van der Waals surface area contributed by atoms with Crippen LogP contribution < -0.4 is 19.7 Å². The van der Waals surface area contributed by atoms with Gasteiger partial charge in [0.1, 0.15) is 0 Å². The second kappa shape index (κ2) is 9.40. The van der Waals surface area contributed by atoms with Gasteiger partial charge in [-0.2, -0.15) is 0 Å². The fourth-order valence-corrected chi connectivity index (χ4v) is 3.57. The minimum absolute atomic E-state index is 0.358. The van der Waals surface area contributed by atoms with Crippen LogP contribution >= 0.6 is 0 Å². The maximum Gasteiger partial charge on any atom is 0.266 e. The average molecular weight is 442 g/mol. The first kappa shape index (κ1) is 21.8. The molecular formula is C26H22N2O5. The largest absolute Gasteiger partial charge is 0.493 e. The van der Waals surface area contributed by atoms with Gasteiger partial charge in [-0.1, -0.05) is 24.3 Å². The Morgan fingerprint density at radius 1 is 0.939 bits per heavy atom. The molecule has 1 N–H and O–H groups in total. The Morgan fingerprint density at radius 3 is 2.33 bits per heavy atom. The van der Waals surface area contributed by atoms with Crippen molar-refractivity contribution in [2.75, 3.05) is 23.9 Å². The molecule has 3 aromatic carbocycles. The van der Waals surface area contributed by atoms with Crippen LogP contribution in [0.1, 0.15) is 33.2 Å². The molecule has 0 unspecified atom stereocenters. The topological polar surface area (TPSA) is 84.9 Å². The standard InChI is InChI=1S/C26H22N2O5/c1-3-33-23-15-17(11-13-22(23)32-2)12-14-24(29)27-18-7-6-8-19(16-18)28-25(30)20-9-4-5-10-21(20)26(28)31/h4-16H,3H2,1-2H3,(H,27,29)/b14-12+. The number of ether oxygens (including phenoxy) is 2. The molecule has 0 spiro atoms. The molecule has 7 nitrogen and oxygen atoms in total. The number of amides is 3. The molecule has 0 atom stereocenters. The highest BCUT2D eigenvalue weighted by atomic mass is 16.5. The fourth-order valence-electron chi connectivity index (χ4n) is 3.57. The Morgan fingerprint density at radius 2 is 1.67 bits per heavy atom. The summed E-state index contributed by atoms with van der Waals surface area (Å²) < 4.78 is 10.8. The molecule has 1 aliphatic rings. The number of rotatable bonds is 7. The van der Waals surface area contributed by atoms with Crippen LogP contribution in [0, 0.1) is 0 Å². The Bertz CT molecular complexity index is 1230. The van der Waals surface area contributed by atoms with E-state index in [1.54, 1.807) is 73.8 Å². The highest BCUT2D eigenvalue weighted by molar-refractivity contribution is 6.34. The van der Waals surface area contributed by atoms with Gasteiger partial charge in [-0.15, -0.1) is 0 Å². The van der Waals surface area contributed by atoms with Crippen LogP contribution in [-0.4, -0.2) is 31.4 Å². The van der Waals surface area contributed by atoms with Crippen LogP contribution in [-0.2, 0) is 4.79 Å². The molecule has 0 aromatic heterocycles. The summed E-state index contributed by atoms with van der Waals surface area (Å²) in [5, 5.41) is 2.76. The summed E-state index contributed by atoms with van der Waals surface area (Å²) in [4.78, 5) is 39.0. The maximum absolute atomic E-state index is 12.7. The molecule has 0 fully saturated rings. The number of imide groups is 1. The molecule has 0 saturated heterocycles. The Hall–Kier alpha value is -4.39. The van der Waals surface area contributed by atoms with Gasteiger partial charge < -0.3 is 14.8 Å². The number of benzene rings is 3. The van der Waals surface area contributed by atoms with Gasteiger partial charge >= 0.3 is 0 Å². The average Bonchev–Trinajstić information content (AvgIpc) is 3.08. The lowest BCUT2D eigenvalue weighted by atomic mass is 10.1. The van der Waals surface area contributed by atoms with Crippen LogP contribution in [0.25, 0.3) is 6.08 Å². The first-order chi connectivity index (χ1) is 16.0. The number of methoxy groups -OCH3 is 1. The number of fused-ring (bicyclic) bond motifs is 1. The molecule has 1 aliphatic heterocycles. The van der Waals surface area contributed by atoms with E-state index < -0.39 is 0 Å². The summed E-state index contributed by atoms with van der Waals surface area (Å²) in [7, 11) is 1.57. The molecule has 3 aromatic rings. The number of hydrogen-bond acceptors (Lipinski definition) is 5. The number of nitrogens with one attached hydrogen (secondary N) is 1. The van der Waals surface area contributed by atoms with Gasteiger partial charge in [-0.3, -0.25) is 14.4 Å². The normalized spacial score (nSPS) is 12.7. The highest BCUT2D eigenvalue weighted by Crippen LogP contribution is 2.30. The lowest BCUT2D eigenvalue weighted by molar-refractivity contribution is -0.111. The molecule has 0 aliphatic carbocycles. The molecule has 3 amide bonds. The first-order valence-corrected chi connectivity index (χ1v) is 10.4. The summed E-state index contributed by atoms with van der Waals surface area (Å²) in [6.45, 7) is 2.37. The molecule has 0 radical (unpaired) electrons. The van der Waals surface area contributed by atoms with Crippen molar-refractivity contribution in [3.05, 3.63) is 89.5 Å². The zero-order valence-electron chi connectivity index (χ0n) is 18.2. The molecule has 0 bridgehead atoms. The van der Waals surface area contributed by atoms with Crippen molar-refractivity contribution in [1.29, 1.82) is 0 Å². The Kier molecular flexibility index (Phi) is 6.22. The van der Waals surface area contributed by atoms with Crippen molar-refractivity contribution in [3.8, 4) is 11.5 Å². The Balaban J connectivity index is 1.48. The molecular weight excluding hydrogens is 420 g/mol. The third-order valence-electron chi connectivity index (χ3n) is 5.08. The molecule has 33 heavy (non-hydrogen) atoms. The van der Waals surface area contributed by atoms with Crippen LogP contribution in [0.4, 0.5) is 11.4 Å². The summed E-state index contributed by atoms with van der Waals surface area (Å²) in [5.74, 6) is 0.0788. The zero-order valence-corrected chi connectivity index (χ0v) is 18.2. The number of hydrogen-bond donors (Lipinski definition) is 1. The first-order valence-electron chi connectivity index (χ1n) is 10.4. The van der Waals surface area contributed by atoms with E-state index in [-0.39, 0.29) is 17.7 Å². The van der Waals surface area contributed by atoms with Crippen molar-refractivity contribution in [2.45, 2.75) is 6.92 Å². The molecule has 7 heteroatoms.